The van der Waals surface area contributed by atoms with Crippen LogP contribution in [0.2, 0.25) is 0 Å². The van der Waals surface area contributed by atoms with Crippen molar-refractivity contribution in [3.05, 3.63) is 41.5 Å². The maximum absolute atomic E-state index is 11.2. The molecule has 0 heterocycles. The summed E-state index contributed by atoms with van der Waals surface area (Å²) in [5.41, 5.74) is -0.373. The first-order chi connectivity index (χ1) is 8.49. The first-order valence-electron chi connectivity index (χ1n) is 4.92. The highest BCUT2D eigenvalue weighted by Gasteiger charge is 2.20. The average Bonchev–Trinajstić information content (AvgIpc) is 2.35. The van der Waals surface area contributed by atoms with Crippen LogP contribution in [0, 0.1) is 0 Å². The topological polar surface area (TPSA) is 88.5 Å². The van der Waals surface area contributed by atoms with E-state index in [0.29, 0.717) is 17.1 Å². The number of rotatable bonds is 3. The van der Waals surface area contributed by atoms with Gasteiger partial charge in [0.1, 0.15) is 4.90 Å². The van der Waals surface area contributed by atoms with E-state index in [1.807, 2.05) is 0 Å². The molecule has 0 atom stereocenters. The molecule has 0 bridgehead atoms. The molecule has 0 aromatic heterocycles. The molecular weight excluding hydrogens is 256 g/mol. The van der Waals surface area contributed by atoms with Gasteiger partial charge in [0.25, 0.3) is 10.1 Å². The van der Waals surface area contributed by atoms with E-state index in [0.717, 1.165) is 0 Å². The summed E-state index contributed by atoms with van der Waals surface area (Å²) in [4.78, 5) is 21.4. The van der Waals surface area contributed by atoms with Crippen LogP contribution in [0.25, 0.3) is 10.8 Å². The van der Waals surface area contributed by atoms with Crippen molar-refractivity contribution < 1.29 is 22.6 Å². The van der Waals surface area contributed by atoms with Gasteiger partial charge in [0.2, 0.25) is 0 Å². The van der Waals surface area contributed by atoms with Crippen molar-refractivity contribution in [2.24, 2.45) is 0 Å². The maximum atomic E-state index is 11.2. The Kier molecular flexibility index (Phi) is 2.98. The fraction of sp³-hybridized carbons (Fsp3) is 0. The van der Waals surface area contributed by atoms with E-state index in [4.69, 9.17) is 4.55 Å². The zero-order valence-corrected chi connectivity index (χ0v) is 9.85. The Hall–Kier alpha value is -2.05. The number of carbonyl (C=O) groups is 2. The molecule has 0 aliphatic rings. The Balaban J connectivity index is 3.06. The molecule has 0 radical (unpaired) electrons. The van der Waals surface area contributed by atoms with Gasteiger partial charge in [-0.25, -0.2) is 0 Å². The molecule has 2 rings (SSSR count). The Labute approximate surface area is 103 Å². The summed E-state index contributed by atoms with van der Waals surface area (Å²) in [6, 6.07) is 7.68. The van der Waals surface area contributed by atoms with Gasteiger partial charge in [0.15, 0.2) is 12.6 Å². The Bertz CT molecular complexity index is 746. The number of hydrogen-bond donors (Lipinski definition) is 1. The lowest BCUT2D eigenvalue weighted by Crippen LogP contribution is -2.06. The number of aldehydes is 2. The van der Waals surface area contributed by atoms with Crippen molar-refractivity contribution >= 4 is 33.5 Å². The van der Waals surface area contributed by atoms with Crippen LogP contribution in [0.3, 0.4) is 0 Å². The third kappa shape index (κ3) is 1.92. The summed E-state index contributed by atoms with van der Waals surface area (Å²) in [7, 11) is -4.56. The first-order valence-corrected chi connectivity index (χ1v) is 6.36. The van der Waals surface area contributed by atoms with Crippen LogP contribution >= 0.6 is 0 Å². The quantitative estimate of drug-likeness (QED) is 0.673. The van der Waals surface area contributed by atoms with Crippen molar-refractivity contribution in [2.75, 3.05) is 0 Å². The lowest BCUT2D eigenvalue weighted by Gasteiger charge is -2.08. The summed E-state index contributed by atoms with van der Waals surface area (Å²) in [5.74, 6) is 0. The minimum Gasteiger partial charge on any atom is -0.298 e. The van der Waals surface area contributed by atoms with Gasteiger partial charge >= 0.3 is 0 Å². The van der Waals surface area contributed by atoms with Crippen molar-refractivity contribution in [1.29, 1.82) is 0 Å². The smallest absolute Gasteiger partial charge is 0.295 e. The van der Waals surface area contributed by atoms with Crippen molar-refractivity contribution in [3.63, 3.8) is 0 Å². The molecule has 5 nitrogen and oxygen atoms in total. The maximum Gasteiger partial charge on any atom is 0.295 e. The summed E-state index contributed by atoms with van der Waals surface area (Å²) in [5, 5.41) is 0.917. The van der Waals surface area contributed by atoms with Crippen molar-refractivity contribution in [3.8, 4) is 0 Å². The van der Waals surface area contributed by atoms with Gasteiger partial charge in [0, 0.05) is 11.1 Å². The molecule has 0 aliphatic carbocycles. The Morgan fingerprint density at radius 1 is 1.00 bits per heavy atom. The van der Waals surface area contributed by atoms with Crippen molar-refractivity contribution in [1.82, 2.24) is 0 Å². The summed E-state index contributed by atoms with van der Waals surface area (Å²) in [6.07, 6.45) is 0.653. The highest BCUT2D eigenvalue weighted by atomic mass is 32.2. The van der Waals surface area contributed by atoms with E-state index in [2.05, 4.69) is 0 Å². The molecule has 0 spiro atoms. The number of carbonyl (C=O) groups excluding carboxylic acids is 2. The molecule has 0 saturated carbocycles. The molecule has 0 amide bonds. The molecule has 6 heteroatoms. The first kappa shape index (κ1) is 12.4. The molecule has 1 N–H and O–H groups in total. The Morgan fingerprint density at radius 3 is 2.17 bits per heavy atom. The van der Waals surface area contributed by atoms with Gasteiger partial charge in [-0.15, -0.1) is 0 Å². The number of hydrogen-bond acceptors (Lipinski definition) is 4. The number of benzene rings is 2. The molecule has 18 heavy (non-hydrogen) atoms. The molecule has 0 saturated heterocycles. The second kappa shape index (κ2) is 4.32. The second-order valence-corrected chi connectivity index (χ2v) is 5.02. The lowest BCUT2D eigenvalue weighted by molar-refractivity contribution is 0.109. The van der Waals surface area contributed by atoms with Gasteiger partial charge in [0.05, 0.1) is 0 Å². The van der Waals surface area contributed by atoms with E-state index < -0.39 is 15.0 Å². The normalized spacial score (nSPS) is 11.4. The molecule has 0 fully saturated rings. The third-order valence-corrected chi connectivity index (χ3v) is 3.50. The summed E-state index contributed by atoms with van der Waals surface area (Å²) < 4.78 is 31.5. The van der Waals surface area contributed by atoms with Crippen LogP contribution in [0.1, 0.15) is 20.7 Å². The molecule has 0 aliphatic heterocycles. The standard InChI is InChI=1S/C12H8O5S/c13-6-10-9-4-2-1-3-8(9)5-12(11(10)7-14)18(15,16)17/h1-7H,(H,15,16,17). The monoisotopic (exact) mass is 264 g/mol. The van der Waals surface area contributed by atoms with Crippen molar-refractivity contribution in [2.45, 2.75) is 4.90 Å². The summed E-state index contributed by atoms with van der Waals surface area (Å²) in [6.45, 7) is 0. The fourth-order valence-corrected chi connectivity index (χ4v) is 2.54. The zero-order chi connectivity index (χ0) is 13.3. The summed E-state index contributed by atoms with van der Waals surface area (Å²) >= 11 is 0. The van der Waals surface area contributed by atoms with Crippen LogP contribution in [0.15, 0.2) is 35.2 Å². The van der Waals surface area contributed by atoms with Gasteiger partial charge in [-0.2, -0.15) is 8.42 Å². The van der Waals surface area contributed by atoms with Crippen LogP contribution in [0.5, 0.6) is 0 Å². The van der Waals surface area contributed by atoms with Crippen LogP contribution in [-0.4, -0.2) is 25.5 Å². The second-order valence-electron chi connectivity index (χ2n) is 3.63. The molecule has 0 unspecified atom stereocenters. The largest absolute Gasteiger partial charge is 0.298 e. The number of fused-ring (bicyclic) bond motifs is 1. The van der Waals surface area contributed by atoms with Gasteiger partial charge < -0.3 is 0 Å². The molecule has 92 valence electrons. The van der Waals surface area contributed by atoms with E-state index in [-0.39, 0.29) is 17.4 Å². The molecular formula is C12H8O5S. The minimum atomic E-state index is -4.56. The van der Waals surface area contributed by atoms with E-state index in [1.54, 1.807) is 24.3 Å². The average molecular weight is 264 g/mol. The SMILES string of the molecule is O=Cc1c(S(=O)(=O)O)cc2ccccc2c1C=O. The highest BCUT2D eigenvalue weighted by Crippen LogP contribution is 2.26. The van der Waals surface area contributed by atoms with E-state index in [9.17, 15) is 18.0 Å². The minimum absolute atomic E-state index is 0.0456. The fourth-order valence-electron chi connectivity index (χ4n) is 1.83. The molecule has 2 aromatic rings. The lowest BCUT2D eigenvalue weighted by atomic mass is 10.0. The van der Waals surface area contributed by atoms with Gasteiger partial charge in [-0.1, -0.05) is 24.3 Å². The Morgan fingerprint density at radius 2 is 1.61 bits per heavy atom. The van der Waals surface area contributed by atoms with Crippen LogP contribution < -0.4 is 0 Å². The molecule has 2 aromatic carbocycles. The zero-order valence-electron chi connectivity index (χ0n) is 9.03. The van der Waals surface area contributed by atoms with Crippen LogP contribution in [-0.2, 0) is 10.1 Å². The van der Waals surface area contributed by atoms with Crippen LogP contribution in [0.4, 0.5) is 0 Å². The highest BCUT2D eigenvalue weighted by molar-refractivity contribution is 7.86. The predicted molar refractivity (Wildman–Crippen MR) is 64.5 cm³/mol. The van der Waals surface area contributed by atoms with E-state index in [1.165, 1.54) is 6.07 Å². The van der Waals surface area contributed by atoms with Gasteiger partial charge in [-0.3, -0.25) is 14.1 Å². The van der Waals surface area contributed by atoms with E-state index >= 15 is 0 Å². The third-order valence-electron chi connectivity index (χ3n) is 2.61. The predicted octanol–water partition coefficient (Wildman–Crippen LogP) is 1.71. The van der Waals surface area contributed by atoms with Gasteiger partial charge in [-0.05, 0) is 16.8 Å².